The molecule has 9 heteroatoms. The molecule has 1 aliphatic rings. The standard InChI is InChI=1S/C24H25N7O.Sn/c1-6-17(7-2)20-10-22(31(29-20)21-9-8-16(5)11-25-21)28-24(32)19-13-27-30-14-18(15(3)4)12-26-23(19)30;/h8-14,17H,1-3,6-7H2,4-5H3,(H,28,32);. The number of allylic oxidation sites excluding steroid dienone is 1. The van der Waals surface area contributed by atoms with Gasteiger partial charge in [-0.3, -0.25) is 0 Å². The van der Waals surface area contributed by atoms with Gasteiger partial charge in [0.1, 0.15) is 0 Å². The second kappa shape index (κ2) is 9.09. The number of carbonyl (C=O) groups is 1. The number of amides is 1. The molecule has 4 aromatic heterocycles. The summed E-state index contributed by atoms with van der Waals surface area (Å²) in [6.07, 6.45) is 9.28. The zero-order valence-corrected chi connectivity index (χ0v) is 21.6. The predicted octanol–water partition coefficient (Wildman–Crippen LogP) is 4.32. The van der Waals surface area contributed by atoms with Crippen LogP contribution in [-0.4, -0.2) is 56.4 Å². The van der Waals surface area contributed by atoms with Crippen LogP contribution in [0.25, 0.3) is 17.0 Å². The van der Waals surface area contributed by atoms with Gasteiger partial charge in [-0.1, -0.05) is 6.58 Å². The number of aromatic nitrogens is 6. The average Bonchev–Trinajstić information content (AvgIpc) is 3.44. The van der Waals surface area contributed by atoms with Gasteiger partial charge in [-0.25, -0.2) is 0 Å². The Kier molecular flexibility index (Phi) is 6.01. The van der Waals surface area contributed by atoms with E-state index in [4.69, 9.17) is 5.10 Å². The number of hydrogen-bond acceptors (Lipinski definition) is 5. The summed E-state index contributed by atoms with van der Waals surface area (Å²) in [5.74, 6) is 1.45. The molecule has 5 heterocycles. The van der Waals surface area contributed by atoms with Gasteiger partial charge in [0.25, 0.3) is 0 Å². The van der Waals surface area contributed by atoms with E-state index in [1.807, 2.05) is 44.4 Å². The van der Waals surface area contributed by atoms with Crippen molar-refractivity contribution in [1.82, 2.24) is 29.4 Å². The SMILES string of the molecule is C=C(C)c1cnc2c(C(=O)Nc3cc(C4C[CH2][Sn][CH2]C4)nn3-c3ccc(C)cn3)cnn2c1. The van der Waals surface area contributed by atoms with E-state index in [0.29, 0.717) is 28.8 Å². The molecule has 0 aromatic carbocycles. The number of nitrogens with one attached hydrogen (secondary N) is 1. The molecule has 0 saturated carbocycles. The number of carbonyl (C=O) groups excluding carboxylic acids is 1. The topological polar surface area (TPSA) is 90.0 Å². The summed E-state index contributed by atoms with van der Waals surface area (Å²) < 4.78 is 6.10. The fourth-order valence-corrected chi connectivity index (χ4v) is 7.87. The van der Waals surface area contributed by atoms with Gasteiger partial charge in [0.15, 0.2) is 0 Å². The van der Waals surface area contributed by atoms with Crippen LogP contribution in [0.5, 0.6) is 0 Å². The van der Waals surface area contributed by atoms with E-state index in [0.717, 1.165) is 22.4 Å². The molecule has 166 valence electrons. The molecule has 33 heavy (non-hydrogen) atoms. The van der Waals surface area contributed by atoms with Crippen LogP contribution in [0.4, 0.5) is 5.82 Å². The van der Waals surface area contributed by atoms with Gasteiger partial charge in [0.2, 0.25) is 0 Å². The van der Waals surface area contributed by atoms with Gasteiger partial charge in [0, 0.05) is 5.56 Å². The van der Waals surface area contributed by atoms with Crippen LogP contribution in [0.2, 0.25) is 8.87 Å². The van der Waals surface area contributed by atoms with Crippen LogP contribution in [0, 0.1) is 6.92 Å². The molecule has 1 amide bonds. The number of fused-ring (bicyclic) bond motifs is 1. The van der Waals surface area contributed by atoms with E-state index >= 15 is 0 Å². The molecule has 0 bridgehead atoms. The first kappa shape index (κ1) is 21.8. The number of nitrogens with zero attached hydrogens (tertiary/aromatic N) is 6. The van der Waals surface area contributed by atoms with Gasteiger partial charge in [0.05, 0.1) is 0 Å². The molecule has 0 spiro atoms. The van der Waals surface area contributed by atoms with E-state index in [1.165, 1.54) is 21.7 Å². The van der Waals surface area contributed by atoms with Crippen molar-refractivity contribution in [3.63, 3.8) is 0 Å². The van der Waals surface area contributed by atoms with Crippen molar-refractivity contribution in [2.24, 2.45) is 0 Å². The molecule has 1 saturated heterocycles. The first-order valence-corrected chi connectivity index (χ1v) is 15.1. The van der Waals surface area contributed by atoms with Gasteiger partial charge in [-0.2, -0.15) is 0 Å². The van der Waals surface area contributed by atoms with Crippen LogP contribution in [0.1, 0.15) is 52.9 Å². The molecular formula is C24H25N7OSn. The van der Waals surface area contributed by atoms with E-state index in [2.05, 4.69) is 27.0 Å². The Labute approximate surface area is 202 Å². The third kappa shape index (κ3) is 4.44. The van der Waals surface area contributed by atoms with Gasteiger partial charge >= 0.3 is 178 Å². The molecule has 1 aliphatic heterocycles. The van der Waals surface area contributed by atoms with Crippen LogP contribution in [-0.2, 0) is 0 Å². The van der Waals surface area contributed by atoms with Crippen molar-refractivity contribution in [3.8, 4) is 5.82 Å². The zero-order valence-electron chi connectivity index (χ0n) is 18.7. The summed E-state index contributed by atoms with van der Waals surface area (Å²) in [5, 5.41) is 12.2. The van der Waals surface area contributed by atoms with Crippen molar-refractivity contribution in [1.29, 1.82) is 0 Å². The van der Waals surface area contributed by atoms with Gasteiger partial charge < -0.3 is 0 Å². The maximum atomic E-state index is 13.3. The summed E-state index contributed by atoms with van der Waals surface area (Å²) in [4.78, 5) is 22.2. The monoisotopic (exact) mass is 547 g/mol. The van der Waals surface area contributed by atoms with Crippen LogP contribution in [0.15, 0.2) is 49.6 Å². The summed E-state index contributed by atoms with van der Waals surface area (Å²) in [6.45, 7) is 7.85. The Balaban J connectivity index is 1.49. The molecule has 0 unspecified atom stereocenters. The Morgan fingerprint density at radius 2 is 2.00 bits per heavy atom. The summed E-state index contributed by atoms with van der Waals surface area (Å²) in [7, 11) is 0. The molecule has 4 aromatic rings. The molecule has 0 atom stereocenters. The Hall–Kier alpha value is -3.01. The first-order valence-electron chi connectivity index (χ1n) is 11.0. The van der Waals surface area contributed by atoms with Crippen molar-refractivity contribution in [2.45, 2.75) is 41.5 Å². The molecule has 8 nitrogen and oxygen atoms in total. The number of anilines is 1. The van der Waals surface area contributed by atoms with E-state index in [9.17, 15) is 4.79 Å². The van der Waals surface area contributed by atoms with Crippen LogP contribution < -0.4 is 5.32 Å². The number of hydrogen-bond donors (Lipinski definition) is 1. The molecule has 0 aliphatic carbocycles. The Bertz CT molecular complexity index is 1330. The third-order valence-electron chi connectivity index (χ3n) is 5.93. The van der Waals surface area contributed by atoms with Crippen LogP contribution >= 0.6 is 0 Å². The number of aryl methyl sites for hydroxylation is 1. The minimum absolute atomic E-state index is 0.163. The Morgan fingerprint density at radius 3 is 2.73 bits per heavy atom. The third-order valence-corrected chi connectivity index (χ3v) is 9.60. The fourth-order valence-electron chi connectivity index (χ4n) is 4.00. The minimum atomic E-state index is -0.280. The summed E-state index contributed by atoms with van der Waals surface area (Å²) >= 11 is -0.163. The van der Waals surface area contributed by atoms with Crippen LogP contribution in [0.3, 0.4) is 0 Å². The Morgan fingerprint density at radius 1 is 1.18 bits per heavy atom. The van der Waals surface area contributed by atoms with Crippen molar-refractivity contribution in [2.75, 3.05) is 5.32 Å². The quantitative estimate of drug-likeness (QED) is 0.377. The second-order valence-electron chi connectivity index (χ2n) is 8.49. The van der Waals surface area contributed by atoms with Crippen molar-refractivity contribution in [3.05, 3.63) is 71.9 Å². The molecule has 5 rings (SSSR count). The predicted molar refractivity (Wildman–Crippen MR) is 129 cm³/mol. The molecule has 2 radical (unpaired) electrons. The zero-order chi connectivity index (χ0) is 22.9. The first-order chi connectivity index (χ1) is 16.0. The maximum absolute atomic E-state index is 13.3. The van der Waals surface area contributed by atoms with E-state index < -0.39 is 0 Å². The normalized spacial score (nSPS) is 14.5. The van der Waals surface area contributed by atoms with Gasteiger partial charge in [-0.15, -0.1) is 0 Å². The molecule has 1 N–H and O–H groups in total. The number of pyridine rings is 1. The van der Waals surface area contributed by atoms with E-state index in [1.54, 1.807) is 21.6 Å². The van der Waals surface area contributed by atoms with E-state index in [-0.39, 0.29) is 27.0 Å². The summed E-state index contributed by atoms with van der Waals surface area (Å²) in [5.41, 5.74) is 4.76. The fraction of sp³-hybridized carbons (Fsp3) is 0.292. The molecular weight excluding hydrogens is 521 g/mol. The molecule has 1 fully saturated rings. The van der Waals surface area contributed by atoms with Crippen molar-refractivity contribution >= 4 is 44.1 Å². The second-order valence-corrected chi connectivity index (χ2v) is 12.8. The van der Waals surface area contributed by atoms with Crippen molar-refractivity contribution < 1.29 is 4.79 Å². The van der Waals surface area contributed by atoms with Gasteiger partial charge in [-0.05, 0) is 12.5 Å². The average molecular weight is 546 g/mol. The number of rotatable bonds is 5. The summed E-state index contributed by atoms with van der Waals surface area (Å²) in [6, 6.07) is 5.92.